The fourth-order valence-electron chi connectivity index (χ4n) is 3.60. The lowest BCUT2D eigenvalue weighted by atomic mass is 9.98. The van der Waals surface area contributed by atoms with Gasteiger partial charge in [0, 0.05) is 24.3 Å². The molecule has 0 bridgehead atoms. The maximum absolute atomic E-state index is 5.26. The maximum Gasteiger partial charge on any atom is 0.118 e. The Balaban J connectivity index is 1.52. The summed E-state index contributed by atoms with van der Waals surface area (Å²) in [5.41, 5.74) is 6.12. The summed E-state index contributed by atoms with van der Waals surface area (Å²) in [5, 5.41) is 6.93. The lowest BCUT2D eigenvalue weighted by Crippen LogP contribution is -2.34. The average molecular weight is 386 g/mol. The molecule has 2 N–H and O–H groups in total. The summed E-state index contributed by atoms with van der Waals surface area (Å²) in [4.78, 5) is 4.55. The van der Waals surface area contributed by atoms with Gasteiger partial charge in [0.1, 0.15) is 11.6 Å². The molecule has 3 aromatic rings. The normalized spacial score (nSPS) is 13.3. The van der Waals surface area contributed by atoms with Gasteiger partial charge in [-0.2, -0.15) is 0 Å². The summed E-state index contributed by atoms with van der Waals surface area (Å²) in [5.74, 6) is 1.93. The van der Waals surface area contributed by atoms with Crippen molar-refractivity contribution in [3.8, 4) is 16.9 Å². The van der Waals surface area contributed by atoms with Crippen LogP contribution in [0.5, 0.6) is 5.75 Å². The minimum atomic E-state index is 0.725. The third kappa shape index (κ3) is 4.96. The van der Waals surface area contributed by atoms with Crippen LogP contribution in [0.3, 0.4) is 0 Å². The molecule has 4 rings (SSSR count). The zero-order valence-electron chi connectivity index (χ0n) is 16.8. The minimum Gasteiger partial charge on any atom is -0.497 e. The number of anilines is 1. The van der Waals surface area contributed by atoms with Crippen LogP contribution in [0.25, 0.3) is 11.1 Å². The molecule has 3 aromatic carbocycles. The van der Waals surface area contributed by atoms with Crippen molar-refractivity contribution in [2.24, 2.45) is 4.99 Å². The van der Waals surface area contributed by atoms with Crippen molar-refractivity contribution < 1.29 is 4.74 Å². The summed E-state index contributed by atoms with van der Waals surface area (Å²) < 4.78 is 5.26. The van der Waals surface area contributed by atoms with Gasteiger partial charge in [0.05, 0.1) is 13.7 Å². The van der Waals surface area contributed by atoms with Crippen molar-refractivity contribution in [3.63, 3.8) is 0 Å². The van der Waals surface area contributed by atoms with Crippen molar-refractivity contribution in [3.05, 3.63) is 83.9 Å². The van der Waals surface area contributed by atoms with Crippen LogP contribution in [-0.4, -0.2) is 32.6 Å². The zero-order valence-corrected chi connectivity index (χ0v) is 16.8. The first-order valence-corrected chi connectivity index (χ1v) is 10.1. The average Bonchev–Trinajstić information content (AvgIpc) is 2.79. The highest BCUT2D eigenvalue weighted by Gasteiger charge is 2.08. The number of amidine groups is 1. The Morgan fingerprint density at radius 1 is 0.966 bits per heavy atom. The number of nitrogens with zero attached hydrogens (tertiary/aromatic N) is 1. The first kappa shape index (κ1) is 19.1. The summed E-state index contributed by atoms with van der Waals surface area (Å²) in [6, 6.07) is 25.5. The predicted octanol–water partition coefficient (Wildman–Crippen LogP) is 4.76. The largest absolute Gasteiger partial charge is 0.497 e. The first-order chi connectivity index (χ1) is 14.3. The van der Waals surface area contributed by atoms with E-state index in [0.717, 1.165) is 49.7 Å². The molecule has 1 aliphatic heterocycles. The molecule has 0 aliphatic carbocycles. The third-order valence-electron chi connectivity index (χ3n) is 5.15. The van der Waals surface area contributed by atoms with Gasteiger partial charge in [-0.25, -0.2) is 0 Å². The number of rotatable bonds is 7. The Morgan fingerprint density at radius 2 is 1.83 bits per heavy atom. The van der Waals surface area contributed by atoms with Gasteiger partial charge in [-0.05, 0) is 47.7 Å². The van der Waals surface area contributed by atoms with Crippen molar-refractivity contribution in [2.45, 2.75) is 12.8 Å². The van der Waals surface area contributed by atoms with E-state index >= 15 is 0 Å². The quantitative estimate of drug-likeness (QED) is 0.617. The molecule has 0 atom stereocenters. The molecule has 0 radical (unpaired) electrons. The third-order valence-corrected chi connectivity index (χ3v) is 5.15. The molecular formula is C25H27N3O. The van der Waals surface area contributed by atoms with Crippen LogP contribution in [0.15, 0.2) is 77.8 Å². The van der Waals surface area contributed by atoms with E-state index in [-0.39, 0.29) is 0 Å². The van der Waals surface area contributed by atoms with Gasteiger partial charge >= 0.3 is 0 Å². The molecule has 0 spiro atoms. The lowest BCUT2D eigenvalue weighted by Gasteiger charge is -2.17. The van der Waals surface area contributed by atoms with E-state index in [9.17, 15) is 0 Å². The topological polar surface area (TPSA) is 45.6 Å². The number of hydrogen-bond acceptors (Lipinski definition) is 4. The minimum absolute atomic E-state index is 0.725. The van der Waals surface area contributed by atoms with Crippen LogP contribution in [0.1, 0.15) is 17.5 Å². The Bertz CT molecular complexity index is 979. The van der Waals surface area contributed by atoms with Crippen molar-refractivity contribution in [1.29, 1.82) is 0 Å². The van der Waals surface area contributed by atoms with Crippen molar-refractivity contribution in [1.82, 2.24) is 5.32 Å². The maximum atomic E-state index is 5.26. The van der Waals surface area contributed by atoms with E-state index in [2.05, 4.69) is 76.3 Å². The molecule has 0 fully saturated rings. The van der Waals surface area contributed by atoms with Gasteiger partial charge in [-0.1, -0.05) is 54.6 Å². The van der Waals surface area contributed by atoms with Crippen LogP contribution < -0.4 is 15.4 Å². The molecule has 1 aliphatic rings. The molecular weight excluding hydrogens is 358 g/mol. The molecule has 0 unspecified atom stereocenters. The second-order valence-electron chi connectivity index (χ2n) is 7.23. The van der Waals surface area contributed by atoms with E-state index in [1.807, 2.05) is 12.1 Å². The highest BCUT2D eigenvalue weighted by Crippen LogP contribution is 2.29. The lowest BCUT2D eigenvalue weighted by molar-refractivity contribution is 0.414. The summed E-state index contributed by atoms with van der Waals surface area (Å²) >= 11 is 0. The fraction of sp³-hybridized carbons (Fsp3) is 0.240. The number of aliphatic imine (C=N–C) groups is 1. The standard InChI is InChI=1S/C25H27N3O/c1-29-22-12-10-19(11-13-22)16-20-6-4-7-21(17-20)23-8-2-3-9-24(23)28-18-25-26-14-5-15-27-25/h2-4,6-13,17,28H,5,14-16,18H2,1H3,(H,26,27). The Hall–Kier alpha value is -3.27. The van der Waals surface area contributed by atoms with Crippen LogP contribution >= 0.6 is 0 Å². The highest BCUT2D eigenvalue weighted by molar-refractivity contribution is 5.88. The van der Waals surface area contributed by atoms with Gasteiger partial charge in [0.2, 0.25) is 0 Å². The van der Waals surface area contributed by atoms with Gasteiger partial charge in [0.15, 0.2) is 0 Å². The van der Waals surface area contributed by atoms with Crippen molar-refractivity contribution in [2.75, 3.05) is 32.1 Å². The Morgan fingerprint density at radius 3 is 2.62 bits per heavy atom. The summed E-state index contributed by atoms with van der Waals surface area (Å²) in [6.45, 7) is 2.65. The summed E-state index contributed by atoms with van der Waals surface area (Å²) in [7, 11) is 1.70. The fourth-order valence-corrected chi connectivity index (χ4v) is 3.60. The van der Waals surface area contributed by atoms with Crippen molar-refractivity contribution >= 4 is 11.5 Å². The van der Waals surface area contributed by atoms with Gasteiger partial charge < -0.3 is 15.4 Å². The number of benzene rings is 3. The second kappa shape index (κ2) is 9.28. The van der Waals surface area contributed by atoms with E-state index in [1.165, 1.54) is 22.3 Å². The Kier molecular flexibility index (Phi) is 6.10. The van der Waals surface area contributed by atoms with Gasteiger partial charge in [-0.15, -0.1) is 0 Å². The van der Waals surface area contributed by atoms with Gasteiger partial charge in [0.25, 0.3) is 0 Å². The SMILES string of the molecule is COc1ccc(Cc2cccc(-c3ccccc3NCC3=NCCCN3)c2)cc1. The van der Waals surface area contributed by atoms with Crippen LogP contribution in [-0.2, 0) is 6.42 Å². The van der Waals surface area contributed by atoms with Crippen LogP contribution in [0.2, 0.25) is 0 Å². The number of nitrogens with one attached hydrogen (secondary N) is 2. The molecule has 4 heteroatoms. The second-order valence-corrected chi connectivity index (χ2v) is 7.23. The Labute approximate surface area is 172 Å². The number of hydrogen-bond donors (Lipinski definition) is 2. The summed E-state index contributed by atoms with van der Waals surface area (Å²) in [6.07, 6.45) is 2.01. The molecule has 1 heterocycles. The van der Waals surface area contributed by atoms with Crippen LogP contribution in [0.4, 0.5) is 5.69 Å². The van der Waals surface area contributed by atoms with Gasteiger partial charge in [-0.3, -0.25) is 4.99 Å². The molecule has 148 valence electrons. The number of ether oxygens (including phenoxy) is 1. The van der Waals surface area contributed by atoms with E-state index in [1.54, 1.807) is 7.11 Å². The molecule has 0 amide bonds. The monoisotopic (exact) mass is 385 g/mol. The van der Waals surface area contributed by atoms with E-state index in [0.29, 0.717) is 0 Å². The molecule has 0 aromatic heterocycles. The molecule has 29 heavy (non-hydrogen) atoms. The predicted molar refractivity (Wildman–Crippen MR) is 121 cm³/mol. The van der Waals surface area contributed by atoms with E-state index in [4.69, 9.17) is 4.74 Å². The van der Waals surface area contributed by atoms with Crippen LogP contribution in [0, 0.1) is 0 Å². The smallest absolute Gasteiger partial charge is 0.118 e. The number of methoxy groups -OCH3 is 1. The molecule has 0 saturated heterocycles. The first-order valence-electron chi connectivity index (χ1n) is 10.1. The molecule has 0 saturated carbocycles. The highest BCUT2D eigenvalue weighted by atomic mass is 16.5. The zero-order chi connectivity index (χ0) is 19.9. The molecule has 4 nitrogen and oxygen atoms in total. The van der Waals surface area contributed by atoms with E-state index < -0.39 is 0 Å². The number of para-hydroxylation sites is 1.